The van der Waals surface area contributed by atoms with E-state index in [0.717, 1.165) is 12.0 Å². The van der Waals surface area contributed by atoms with Crippen LogP contribution in [0.15, 0.2) is 91.3 Å². The molecule has 1 aliphatic heterocycles. The zero-order chi connectivity index (χ0) is 23.5. The lowest BCUT2D eigenvalue weighted by atomic mass is 10.0. The van der Waals surface area contributed by atoms with Gasteiger partial charge in [0.1, 0.15) is 5.75 Å². The quantitative estimate of drug-likeness (QED) is 0.596. The molecule has 0 aliphatic carbocycles. The number of aryl methyl sites for hydroxylation is 1. The summed E-state index contributed by atoms with van der Waals surface area (Å²) < 4.78 is 5.12. The number of rotatable bonds is 5. The van der Waals surface area contributed by atoms with Crippen LogP contribution in [0.4, 0.5) is 0 Å². The van der Waals surface area contributed by atoms with Gasteiger partial charge in [-0.3, -0.25) is 14.6 Å². The fourth-order valence-corrected chi connectivity index (χ4v) is 3.49. The minimum Gasteiger partial charge on any atom is -0.497 e. The Morgan fingerprint density at radius 2 is 1.88 bits per heavy atom. The molecule has 0 spiro atoms. The van der Waals surface area contributed by atoms with Crippen LogP contribution in [0.2, 0.25) is 0 Å². The Labute approximate surface area is 194 Å². The second-order valence-corrected chi connectivity index (χ2v) is 7.62. The van der Waals surface area contributed by atoms with Crippen LogP contribution >= 0.6 is 0 Å². The van der Waals surface area contributed by atoms with E-state index in [1.165, 1.54) is 5.56 Å². The zero-order valence-corrected chi connectivity index (χ0v) is 19.0. The maximum absolute atomic E-state index is 12.7. The van der Waals surface area contributed by atoms with Crippen LogP contribution in [0.1, 0.15) is 33.9 Å². The molecule has 1 N–H and O–H groups in total. The minimum atomic E-state index is -0.303. The van der Waals surface area contributed by atoms with Crippen molar-refractivity contribution < 1.29 is 14.3 Å². The SMILES string of the molecule is COc1cccc(C(=O)NCC(=O)N2CC=CCC2c2cccnc2)c1.Cc1ccccc1. The molecule has 0 saturated carbocycles. The van der Waals surface area contributed by atoms with Crippen LogP contribution in [-0.4, -0.2) is 41.9 Å². The third-order valence-corrected chi connectivity index (χ3v) is 5.27. The van der Waals surface area contributed by atoms with Crippen molar-refractivity contribution >= 4 is 11.8 Å². The van der Waals surface area contributed by atoms with Gasteiger partial charge in [0.2, 0.25) is 5.91 Å². The number of amides is 2. The second-order valence-electron chi connectivity index (χ2n) is 7.62. The number of ether oxygens (including phenoxy) is 1. The number of hydrogen-bond donors (Lipinski definition) is 1. The maximum atomic E-state index is 12.7. The van der Waals surface area contributed by atoms with Gasteiger partial charge in [0.05, 0.1) is 19.7 Å². The van der Waals surface area contributed by atoms with Crippen molar-refractivity contribution in [3.05, 3.63) is 108 Å². The van der Waals surface area contributed by atoms with Crippen LogP contribution in [0.25, 0.3) is 0 Å². The molecule has 0 fully saturated rings. The summed E-state index contributed by atoms with van der Waals surface area (Å²) in [5.74, 6) is 0.170. The summed E-state index contributed by atoms with van der Waals surface area (Å²) in [7, 11) is 1.54. The Hall–Kier alpha value is -3.93. The van der Waals surface area contributed by atoms with Gasteiger partial charge in [0.15, 0.2) is 0 Å². The van der Waals surface area contributed by atoms with Crippen LogP contribution in [0.5, 0.6) is 5.75 Å². The molecule has 2 heterocycles. The highest BCUT2D eigenvalue weighted by Gasteiger charge is 2.26. The van der Waals surface area contributed by atoms with Crippen molar-refractivity contribution in [3.8, 4) is 5.75 Å². The Kier molecular flexibility index (Phi) is 8.77. The number of nitrogens with one attached hydrogen (secondary N) is 1. The highest BCUT2D eigenvalue weighted by atomic mass is 16.5. The first kappa shape index (κ1) is 23.7. The molecular formula is C27H29N3O3. The first-order valence-electron chi connectivity index (χ1n) is 10.9. The molecule has 2 aromatic carbocycles. The number of carbonyl (C=O) groups excluding carboxylic acids is 2. The summed E-state index contributed by atoms with van der Waals surface area (Å²) in [6, 6.07) is 20.9. The van der Waals surface area contributed by atoms with Crippen molar-refractivity contribution in [1.29, 1.82) is 0 Å². The first-order chi connectivity index (χ1) is 16.1. The Balaban J connectivity index is 0.000000374. The van der Waals surface area contributed by atoms with E-state index in [0.29, 0.717) is 17.9 Å². The predicted octanol–water partition coefficient (Wildman–Crippen LogP) is 4.34. The average Bonchev–Trinajstić information content (AvgIpc) is 2.88. The highest BCUT2D eigenvalue weighted by Crippen LogP contribution is 2.27. The molecule has 1 aromatic heterocycles. The Morgan fingerprint density at radius 3 is 2.55 bits per heavy atom. The van der Waals surface area contributed by atoms with Gasteiger partial charge in [-0.25, -0.2) is 0 Å². The molecule has 1 aliphatic rings. The number of hydrogen-bond acceptors (Lipinski definition) is 4. The van der Waals surface area contributed by atoms with Gasteiger partial charge in [0.25, 0.3) is 5.91 Å². The Morgan fingerprint density at radius 1 is 1.06 bits per heavy atom. The number of benzene rings is 2. The molecule has 6 nitrogen and oxygen atoms in total. The standard InChI is InChI=1S/C20H21N3O3.C7H8/c1-26-17-8-4-6-15(12-17)20(25)22-14-19(24)23-11-3-2-9-18(23)16-7-5-10-21-13-16;1-7-5-3-2-4-6-7/h2-8,10,12-13,18H,9,11,14H2,1H3,(H,22,25);2-6H,1H3. The average molecular weight is 444 g/mol. The fraction of sp³-hybridized carbons (Fsp3) is 0.222. The first-order valence-corrected chi connectivity index (χ1v) is 10.9. The van der Waals surface area contributed by atoms with Gasteiger partial charge in [-0.15, -0.1) is 0 Å². The molecule has 0 saturated heterocycles. The molecule has 170 valence electrons. The second kappa shape index (κ2) is 12.2. The van der Waals surface area contributed by atoms with Gasteiger partial charge in [0, 0.05) is 24.5 Å². The summed E-state index contributed by atoms with van der Waals surface area (Å²) in [4.78, 5) is 30.9. The van der Waals surface area contributed by atoms with E-state index in [9.17, 15) is 9.59 Å². The molecule has 6 heteroatoms. The summed E-state index contributed by atoms with van der Waals surface area (Å²) >= 11 is 0. The zero-order valence-electron chi connectivity index (χ0n) is 19.0. The van der Waals surface area contributed by atoms with E-state index in [2.05, 4.69) is 35.4 Å². The normalized spacial score (nSPS) is 14.6. The molecule has 0 radical (unpaired) electrons. The van der Waals surface area contributed by atoms with Crippen molar-refractivity contribution in [2.45, 2.75) is 19.4 Å². The lowest BCUT2D eigenvalue weighted by Crippen LogP contribution is -2.43. The largest absolute Gasteiger partial charge is 0.497 e. The number of pyridine rings is 1. The molecule has 1 atom stereocenters. The van der Waals surface area contributed by atoms with E-state index >= 15 is 0 Å². The summed E-state index contributed by atoms with van der Waals surface area (Å²) in [6.45, 7) is 2.55. The number of aromatic nitrogens is 1. The van der Waals surface area contributed by atoms with Gasteiger partial charge in [-0.1, -0.05) is 60.2 Å². The Bertz CT molecular complexity index is 1070. The van der Waals surface area contributed by atoms with Crippen LogP contribution in [-0.2, 0) is 4.79 Å². The van der Waals surface area contributed by atoms with Crippen molar-refractivity contribution in [1.82, 2.24) is 15.2 Å². The highest BCUT2D eigenvalue weighted by molar-refractivity contribution is 5.96. The number of methoxy groups -OCH3 is 1. The predicted molar refractivity (Wildman–Crippen MR) is 129 cm³/mol. The van der Waals surface area contributed by atoms with Crippen molar-refractivity contribution in [2.24, 2.45) is 0 Å². The van der Waals surface area contributed by atoms with Crippen LogP contribution in [0, 0.1) is 6.92 Å². The van der Waals surface area contributed by atoms with E-state index in [1.807, 2.05) is 36.4 Å². The van der Waals surface area contributed by atoms with Gasteiger partial charge in [-0.05, 0) is 43.2 Å². The molecule has 1 unspecified atom stereocenters. The fourth-order valence-electron chi connectivity index (χ4n) is 3.49. The van der Waals surface area contributed by atoms with Gasteiger partial charge >= 0.3 is 0 Å². The van der Waals surface area contributed by atoms with Gasteiger partial charge in [-0.2, -0.15) is 0 Å². The minimum absolute atomic E-state index is 0.0549. The van der Waals surface area contributed by atoms with Gasteiger partial charge < -0.3 is 15.0 Å². The van der Waals surface area contributed by atoms with Crippen molar-refractivity contribution in [3.63, 3.8) is 0 Å². The summed E-state index contributed by atoms with van der Waals surface area (Å²) in [5, 5.41) is 2.69. The van der Waals surface area contributed by atoms with E-state index in [1.54, 1.807) is 48.7 Å². The molecule has 4 rings (SSSR count). The lowest BCUT2D eigenvalue weighted by molar-refractivity contribution is -0.132. The number of carbonyl (C=O) groups is 2. The third-order valence-electron chi connectivity index (χ3n) is 5.27. The third kappa shape index (κ3) is 7.04. The molecule has 2 amide bonds. The molecular weight excluding hydrogens is 414 g/mol. The molecule has 3 aromatic rings. The lowest BCUT2D eigenvalue weighted by Gasteiger charge is -2.33. The topological polar surface area (TPSA) is 71.5 Å². The monoisotopic (exact) mass is 443 g/mol. The molecule has 33 heavy (non-hydrogen) atoms. The number of nitrogens with zero attached hydrogens (tertiary/aromatic N) is 2. The summed E-state index contributed by atoms with van der Waals surface area (Å²) in [5.41, 5.74) is 2.77. The van der Waals surface area contributed by atoms with Crippen molar-refractivity contribution in [2.75, 3.05) is 20.2 Å². The van der Waals surface area contributed by atoms with E-state index in [-0.39, 0.29) is 24.4 Å². The smallest absolute Gasteiger partial charge is 0.251 e. The van der Waals surface area contributed by atoms with E-state index in [4.69, 9.17) is 4.74 Å². The van der Waals surface area contributed by atoms with Crippen LogP contribution in [0.3, 0.4) is 0 Å². The molecule has 0 bridgehead atoms. The summed E-state index contributed by atoms with van der Waals surface area (Å²) in [6.07, 6.45) is 8.26. The van der Waals surface area contributed by atoms with Crippen LogP contribution < -0.4 is 10.1 Å². The van der Waals surface area contributed by atoms with E-state index < -0.39 is 0 Å². The maximum Gasteiger partial charge on any atom is 0.251 e.